The number of allylic oxidation sites excluding steroid dienone is 2. The van der Waals surface area contributed by atoms with Gasteiger partial charge in [0.05, 0.1) is 41.4 Å². The van der Waals surface area contributed by atoms with Crippen molar-refractivity contribution in [3.8, 4) is 17.0 Å². The van der Waals surface area contributed by atoms with E-state index in [-0.39, 0.29) is 46.8 Å². The minimum atomic E-state index is -0.640. The van der Waals surface area contributed by atoms with Crippen molar-refractivity contribution >= 4 is 40.2 Å². The zero-order valence-electron chi connectivity index (χ0n) is 24.8. The number of rotatable bonds is 7. The molecule has 1 aliphatic heterocycles. The third kappa shape index (κ3) is 4.30. The summed E-state index contributed by atoms with van der Waals surface area (Å²) < 4.78 is 10.7. The van der Waals surface area contributed by atoms with E-state index in [0.29, 0.717) is 51.0 Å². The molecule has 0 N–H and O–H groups in total. The van der Waals surface area contributed by atoms with Gasteiger partial charge in [-0.1, -0.05) is 54.6 Å². The molecule has 0 spiro atoms. The number of amides is 2. The molecule has 0 radical (unpaired) electrons. The van der Waals surface area contributed by atoms with Crippen LogP contribution in [0.25, 0.3) is 22.2 Å². The number of carbonyl (C=O) groups excluding carboxylic acids is 4. The number of esters is 1. The first-order chi connectivity index (χ1) is 21.8. The Balaban J connectivity index is 1.07. The van der Waals surface area contributed by atoms with Crippen LogP contribution in [0.4, 0.5) is 5.69 Å². The number of para-hydroxylation sites is 1. The van der Waals surface area contributed by atoms with Gasteiger partial charge in [-0.2, -0.15) is 0 Å². The molecule has 1 saturated heterocycles. The van der Waals surface area contributed by atoms with Crippen molar-refractivity contribution in [3.05, 3.63) is 102 Å². The normalized spacial score (nSPS) is 25.7. The fourth-order valence-corrected chi connectivity index (χ4v) is 7.79. The molecule has 9 rings (SSSR count). The number of aromatic nitrogens is 1. The number of benzene rings is 3. The Hall–Kier alpha value is -5.11. The summed E-state index contributed by atoms with van der Waals surface area (Å²) in [5, 5.41) is 0.617. The first-order valence-electron chi connectivity index (χ1n) is 15.3. The second-order valence-electron chi connectivity index (χ2n) is 12.5. The number of Topliss-reactive ketones (excluding diaryl/α,β-unsaturated/α-hetero) is 1. The molecule has 5 aliphatic rings. The number of fused-ring (bicyclic) bond motifs is 1. The van der Waals surface area contributed by atoms with E-state index >= 15 is 0 Å². The molecule has 1 aromatic heterocycles. The highest BCUT2D eigenvalue weighted by Crippen LogP contribution is 2.65. The molecule has 2 heterocycles. The number of pyridine rings is 1. The fraction of sp³-hybridized carbons (Fsp3) is 0.270. The monoisotopic (exact) mass is 598 g/mol. The van der Waals surface area contributed by atoms with Gasteiger partial charge < -0.3 is 9.47 Å². The Morgan fingerprint density at radius 3 is 2.27 bits per heavy atom. The van der Waals surface area contributed by atoms with Gasteiger partial charge in [-0.05, 0) is 72.9 Å². The molecule has 4 aromatic rings. The van der Waals surface area contributed by atoms with E-state index in [4.69, 9.17) is 14.5 Å². The maximum absolute atomic E-state index is 13.6. The Morgan fingerprint density at radius 2 is 1.58 bits per heavy atom. The predicted octanol–water partition coefficient (Wildman–Crippen LogP) is 5.82. The lowest BCUT2D eigenvalue weighted by atomic mass is 9.63. The number of anilines is 1. The number of hydrogen-bond acceptors (Lipinski definition) is 7. The highest BCUT2D eigenvalue weighted by Gasteiger charge is 2.67. The highest BCUT2D eigenvalue weighted by atomic mass is 16.5. The first-order valence-corrected chi connectivity index (χ1v) is 15.3. The van der Waals surface area contributed by atoms with E-state index in [1.165, 1.54) is 12.0 Å². The minimum absolute atomic E-state index is 0.101. The minimum Gasteiger partial charge on any atom is -0.497 e. The number of ketones is 1. The molecular weight excluding hydrogens is 568 g/mol. The molecule has 3 aromatic carbocycles. The van der Waals surface area contributed by atoms with Gasteiger partial charge in [-0.25, -0.2) is 9.78 Å². The van der Waals surface area contributed by atoms with Crippen LogP contribution in [-0.4, -0.2) is 42.3 Å². The molecule has 8 nitrogen and oxygen atoms in total. The summed E-state index contributed by atoms with van der Waals surface area (Å²) in [6.07, 6.45) is 5.46. The van der Waals surface area contributed by atoms with Crippen molar-refractivity contribution in [2.45, 2.75) is 13.3 Å². The van der Waals surface area contributed by atoms with Crippen molar-refractivity contribution < 1.29 is 28.7 Å². The Bertz CT molecular complexity index is 1930. The second-order valence-corrected chi connectivity index (χ2v) is 12.5. The van der Waals surface area contributed by atoms with Crippen LogP contribution in [0.5, 0.6) is 5.75 Å². The molecule has 6 atom stereocenters. The van der Waals surface area contributed by atoms with Crippen LogP contribution in [0.3, 0.4) is 0 Å². The van der Waals surface area contributed by atoms with Gasteiger partial charge in [0.25, 0.3) is 0 Å². The Kier molecular flexibility index (Phi) is 6.24. The average molecular weight is 599 g/mol. The molecule has 3 fully saturated rings. The lowest BCUT2D eigenvalue weighted by Crippen LogP contribution is -2.40. The standard InChI is InChI=1S/C37H30N2O6/c1-19-5-3-8-26-29(37(43)45-18-31(40)21-6-4-7-23(15-21)44-2)17-30(38-34(19)26)20-9-11-22(12-10-20)39-35(41)32-24-13-14-25(28-16-27(24)28)33(32)36(39)42/h3-15,17,24-25,27-28,32-33H,16,18H2,1-2H3. The lowest BCUT2D eigenvalue weighted by molar-refractivity contribution is -0.124. The van der Waals surface area contributed by atoms with E-state index in [2.05, 4.69) is 12.2 Å². The summed E-state index contributed by atoms with van der Waals surface area (Å²) in [7, 11) is 1.52. The maximum atomic E-state index is 13.6. The van der Waals surface area contributed by atoms with Gasteiger partial charge >= 0.3 is 5.97 Å². The molecule has 224 valence electrons. The molecule has 2 amide bonds. The summed E-state index contributed by atoms with van der Waals surface area (Å²) in [5.41, 5.74) is 3.98. The van der Waals surface area contributed by atoms with Crippen molar-refractivity contribution in [1.29, 1.82) is 0 Å². The summed E-state index contributed by atoms with van der Waals surface area (Å²) in [6, 6.07) is 21.1. The topological polar surface area (TPSA) is 103 Å². The van der Waals surface area contributed by atoms with Crippen LogP contribution in [0, 0.1) is 42.4 Å². The number of aryl methyl sites for hydroxylation is 1. The molecule has 45 heavy (non-hydrogen) atoms. The zero-order chi connectivity index (χ0) is 31.0. The number of carbonyl (C=O) groups is 4. The van der Waals surface area contributed by atoms with Gasteiger partial charge in [0, 0.05) is 16.5 Å². The molecular formula is C37H30N2O6. The van der Waals surface area contributed by atoms with E-state index in [1.54, 1.807) is 48.5 Å². The number of nitrogens with zero attached hydrogens (tertiary/aromatic N) is 2. The Morgan fingerprint density at radius 1 is 0.889 bits per heavy atom. The molecule has 2 bridgehead atoms. The van der Waals surface area contributed by atoms with Crippen molar-refractivity contribution in [2.24, 2.45) is 35.5 Å². The number of ether oxygens (including phenoxy) is 2. The van der Waals surface area contributed by atoms with Crippen LogP contribution < -0.4 is 9.64 Å². The van der Waals surface area contributed by atoms with Crippen LogP contribution >= 0.6 is 0 Å². The van der Waals surface area contributed by atoms with Gasteiger partial charge in [0.15, 0.2) is 12.4 Å². The van der Waals surface area contributed by atoms with E-state index in [1.807, 2.05) is 31.2 Å². The second kappa shape index (κ2) is 10.2. The van der Waals surface area contributed by atoms with Crippen LogP contribution in [0.1, 0.15) is 32.7 Å². The van der Waals surface area contributed by atoms with E-state index in [0.717, 1.165) is 12.0 Å². The van der Waals surface area contributed by atoms with E-state index < -0.39 is 12.6 Å². The average Bonchev–Trinajstić information content (AvgIpc) is 3.85. The first kappa shape index (κ1) is 27.4. The summed E-state index contributed by atoms with van der Waals surface area (Å²) >= 11 is 0. The molecule has 8 heteroatoms. The quantitative estimate of drug-likeness (QED) is 0.114. The van der Waals surface area contributed by atoms with Gasteiger partial charge in [0.1, 0.15) is 5.75 Å². The van der Waals surface area contributed by atoms with Crippen LogP contribution in [0.2, 0.25) is 0 Å². The van der Waals surface area contributed by atoms with Crippen molar-refractivity contribution in [2.75, 3.05) is 18.6 Å². The predicted molar refractivity (Wildman–Crippen MR) is 167 cm³/mol. The van der Waals surface area contributed by atoms with Crippen molar-refractivity contribution in [3.63, 3.8) is 0 Å². The third-order valence-electron chi connectivity index (χ3n) is 10.1. The SMILES string of the molecule is COc1cccc(C(=O)COC(=O)c2cc(-c3ccc(N4C(=O)C5C6C=CC(C7CC67)C5C4=O)cc3)nc3c(C)cccc23)c1. The van der Waals surface area contributed by atoms with Gasteiger partial charge in [-0.3, -0.25) is 19.3 Å². The fourth-order valence-electron chi connectivity index (χ4n) is 7.79. The lowest BCUT2D eigenvalue weighted by Gasteiger charge is -2.37. The van der Waals surface area contributed by atoms with Crippen LogP contribution in [-0.2, 0) is 14.3 Å². The molecule has 6 unspecified atom stereocenters. The van der Waals surface area contributed by atoms with Gasteiger partial charge in [0.2, 0.25) is 11.8 Å². The Labute approximate surface area is 259 Å². The van der Waals surface area contributed by atoms with E-state index in [9.17, 15) is 19.2 Å². The van der Waals surface area contributed by atoms with Crippen molar-refractivity contribution in [1.82, 2.24) is 4.98 Å². The molecule has 4 aliphatic carbocycles. The highest BCUT2D eigenvalue weighted by molar-refractivity contribution is 6.22. The van der Waals surface area contributed by atoms with Gasteiger partial charge in [-0.15, -0.1) is 0 Å². The number of hydrogen-bond donors (Lipinski definition) is 0. The number of imide groups is 1. The summed E-state index contributed by atoms with van der Waals surface area (Å²) in [5.74, 6) is 0.253. The molecule has 2 saturated carbocycles. The smallest absolute Gasteiger partial charge is 0.339 e. The summed E-state index contributed by atoms with van der Waals surface area (Å²) in [6.45, 7) is 1.49. The van der Waals surface area contributed by atoms with Crippen LogP contribution in [0.15, 0.2) is 84.9 Å². The zero-order valence-corrected chi connectivity index (χ0v) is 24.8. The third-order valence-corrected chi connectivity index (χ3v) is 10.1. The maximum Gasteiger partial charge on any atom is 0.339 e. The largest absolute Gasteiger partial charge is 0.497 e. The number of methoxy groups -OCH3 is 1. The summed E-state index contributed by atoms with van der Waals surface area (Å²) in [4.78, 5) is 59.6.